The van der Waals surface area contributed by atoms with Gasteiger partial charge in [0, 0.05) is 0 Å². The Kier molecular flexibility index (Phi) is 4.54. The van der Waals surface area contributed by atoms with E-state index >= 15 is 0 Å². The fraction of sp³-hybridized carbons (Fsp3) is 0.778. The van der Waals surface area contributed by atoms with Gasteiger partial charge >= 0.3 is 12.1 Å². The van der Waals surface area contributed by atoms with Gasteiger partial charge in [-0.25, -0.2) is 4.79 Å². The minimum Gasteiger partial charge on any atom is -0.480 e. The molecule has 4 N–H and O–H groups in total. The molecule has 0 heterocycles. The molecule has 0 unspecified atom stereocenters. The van der Waals surface area contributed by atoms with Crippen molar-refractivity contribution in [1.29, 1.82) is 0 Å². The predicted octanol–water partition coefficient (Wildman–Crippen LogP) is 0.312. The van der Waals surface area contributed by atoms with Gasteiger partial charge in [-0.3, -0.25) is 4.79 Å². The molecule has 1 amide bonds. The Morgan fingerprint density at radius 1 is 1.40 bits per heavy atom. The van der Waals surface area contributed by atoms with Gasteiger partial charge in [-0.1, -0.05) is 0 Å². The summed E-state index contributed by atoms with van der Waals surface area (Å²) in [5.74, 6) is -1.17. The first-order valence-electron chi connectivity index (χ1n) is 4.61. The van der Waals surface area contributed by atoms with Crippen molar-refractivity contribution in [3.63, 3.8) is 0 Å². The molecule has 0 aromatic rings. The lowest BCUT2D eigenvalue weighted by Gasteiger charge is -2.23. The van der Waals surface area contributed by atoms with Crippen molar-refractivity contribution in [3.05, 3.63) is 0 Å². The van der Waals surface area contributed by atoms with Crippen molar-refractivity contribution in [1.82, 2.24) is 5.32 Å². The highest BCUT2D eigenvalue weighted by Crippen LogP contribution is 2.06. The average molecular weight is 218 g/mol. The van der Waals surface area contributed by atoms with Crippen LogP contribution >= 0.6 is 0 Å². The van der Waals surface area contributed by atoms with Gasteiger partial charge in [0.2, 0.25) is 0 Å². The molecular formula is C9H18N2O4. The highest BCUT2D eigenvalue weighted by molar-refractivity contribution is 5.76. The van der Waals surface area contributed by atoms with E-state index in [1.807, 2.05) is 0 Å². The van der Waals surface area contributed by atoms with Crippen molar-refractivity contribution in [2.24, 2.45) is 5.73 Å². The third-order valence-corrected chi connectivity index (χ3v) is 1.57. The Morgan fingerprint density at radius 3 is 2.20 bits per heavy atom. The number of aliphatic carboxylic acids is 1. The number of nitrogens with two attached hydrogens (primary N) is 1. The van der Waals surface area contributed by atoms with Gasteiger partial charge in [-0.15, -0.1) is 0 Å². The van der Waals surface area contributed by atoms with Gasteiger partial charge in [0.15, 0.2) is 0 Å². The van der Waals surface area contributed by atoms with E-state index < -0.39 is 29.7 Å². The quantitative estimate of drug-likeness (QED) is 0.632. The number of ether oxygens (including phenoxy) is 1. The van der Waals surface area contributed by atoms with Crippen molar-refractivity contribution in [2.75, 3.05) is 0 Å². The van der Waals surface area contributed by atoms with Crippen molar-refractivity contribution in [2.45, 2.75) is 45.4 Å². The summed E-state index contributed by atoms with van der Waals surface area (Å²) in [5, 5.41) is 10.9. The smallest absolute Gasteiger partial charge is 0.407 e. The summed E-state index contributed by atoms with van der Waals surface area (Å²) in [6.45, 7) is 6.65. The molecule has 0 aromatic heterocycles. The van der Waals surface area contributed by atoms with Gasteiger partial charge in [0.25, 0.3) is 0 Å². The molecule has 6 nitrogen and oxygen atoms in total. The summed E-state index contributed by atoms with van der Waals surface area (Å²) in [4.78, 5) is 21.7. The molecule has 0 aliphatic heterocycles. The maximum absolute atomic E-state index is 11.2. The average Bonchev–Trinajstić information content (AvgIpc) is 1.98. The molecule has 0 rings (SSSR count). The van der Waals surface area contributed by atoms with E-state index in [4.69, 9.17) is 15.6 Å². The minimum atomic E-state index is -1.17. The van der Waals surface area contributed by atoms with Crippen LogP contribution in [0, 0.1) is 0 Å². The van der Waals surface area contributed by atoms with Crippen LogP contribution in [-0.4, -0.2) is 34.9 Å². The summed E-state index contributed by atoms with van der Waals surface area (Å²) in [7, 11) is 0. The zero-order valence-corrected chi connectivity index (χ0v) is 9.40. The highest BCUT2D eigenvalue weighted by atomic mass is 16.6. The van der Waals surface area contributed by atoms with Crippen LogP contribution in [0.15, 0.2) is 0 Å². The van der Waals surface area contributed by atoms with E-state index in [0.29, 0.717) is 0 Å². The normalized spacial score (nSPS) is 15.3. The van der Waals surface area contributed by atoms with Crippen LogP contribution < -0.4 is 11.1 Å². The maximum atomic E-state index is 11.2. The van der Waals surface area contributed by atoms with Crippen LogP contribution in [0.1, 0.15) is 27.7 Å². The molecule has 0 aliphatic rings. The second kappa shape index (κ2) is 4.97. The van der Waals surface area contributed by atoms with E-state index in [1.54, 1.807) is 20.8 Å². The Hall–Kier alpha value is -1.30. The summed E-state index contributed by atoms with van der Waals surface area (Å²) in [6, 6.07) is -1.82. The summed E-state index contributed by atoms with van der Waals surface area (Å²) in [5.41, 5.74) is 4.69. The van der Waals surface area contributed by atoms with Gasteiger partial charge in [0.05, 0.1) is 6.04 Å². The SMILES string of the molecule is C[C@@H](NC(=O)OC(C)(C)C)[C@H](N)C(=O)O. The van der Waals surface area contributed by atoms with Crippen LogP contribution in [0.25, 0.3) is 0 Å². The third-order valence-electron chi connectivity index (χ3n) is 1.57. The number of amides is 1. The van der Waals surface area contributed by atoms with Crippen molar-refractivity contribution in [3.8, 4) is 0 Å². The lowest BCUT2D eigenvalue weighted by Crippen LogP contribution is -2.50. The number of carboxylic acid groups (broad SMARTS) is 1. The molecule has 0 radical (unpaired) electrons. The fourth-order valence-corrected chi connectivity index (χ4v) is 0.797. The van der Waals surface area contributed by atoms with Crippen molar-refractivity contribution >= 4 is 12.1 Å². The number of carbonyl (C=O) groups excluding carboxylic acids is 1. The first-order chi connectivity index (χ1) is 6.63. The monoisotopic (exact) mass is 218 g/mol. The molecule has 2 atom stereocenters. The van der Waals surface area contributed by atoms with Gasteiger partial charge in [-0.2, -0.15) is 0 Å². The fourth-order valence-electron chi connectivity index (χ4n) is 0.797. The molecule has 0 saturated heterocycles. The number of carbonyl (C=O) groups is 2. The molecular weight excluding hydrogens is 200 g/mol. The van der Waals surface area contributed by atoms with Crippen molar-refractivity contribution < 1.29 is 19.4 Å². The molecule has 6 heteroatoms. The molecule has 15 heavy (non-hydrogen) atoms. The third kappa shape index (κ3) is 5.90. The summed E-state index contributed by atoms with van der Waals surface area (Å²) in [6.07, 6.45) is -0.674. The predicted molar refractivity (Wildman–Crippen MR) is 54.4 cm³/mol. The number of carboxylic acids is 1. The molecule has 0 saturated carbocycles. The molecule has 88 valence electrons. The second-order valence-electron chi connectivity index (χ2n) is 4.30. The topological polar surface area (TPSA) is 102 Å². The van der Waals surface area contributed by atoms with E-state index in [9.17, 15) is 9.59 Å². The largest absolute Gasteiger partial charge is 0.480 e. The number of nitrogens with one attached hydrogen (secondary N) is 1. The van der Waals surface area contributed by atoms with Crippen LogP contribution in [0.4, 0.5) is 4.79 Å². The van der Waals surface area contributed by atoms with Gasteiger partial charge in [-0.05, 0) is 27.7 Å². The Balaban J connectivity index is 4.13. The lowest BCUT2D eigenvalue weighted by molar-refractivity contribution is -0.139. The standard InChI is InChI=1S/C9H18N2O4/c1-5(6(10)7(12)13)11-8(14)15-9(2,3)4/h5-6H,10H2,1-4H3,(H,11,14)(H,12,13)/t5-,6+/m1/s1. The van der Waals surface area contributed by atoms with Crippen LogP contribution in [0.2, 0.25) is 0 Å². The van der Waals surface area contributed by atoms with Crippen LogP contribution in [0.5, 0.6) is 0 Å². The lowest BCUT2D eigenvalue weighted by atomic mass is 10.1. The van der Waals surface area contributed by atoms with E-state index in [0.717, 1.165) is 0 Å². The molecule has 0 aliphatic carbocycles. The van der Waals surface area contributed by atoms with Gasteiger partial charge < -0.3 is 20.9 Å². The first kappa shape index (κ1) is 13.7. The molecule has 0 spiro atoms. The second-order valence-corrected chi connectivity index (χ2v) is 4.30. The van der Waals surface area contributed by atoms with E-state index in [1.165, 1.54) is 6.92 Å². The molecule has 0 fully saturated rings. The number of hydrogen-bond acceptors (Lipinski definition) is 4. The zero-order chi connectivity index (χ0) is 12.2. The van der Waals surface area contributed by atoms with E-state index in [2.05, 4.69) is 5.32 Å². The Morgan fingerprint density at radius 2 is 1.87 bits per heavy atom. The number of hydrogen-bond donors (Lipinski definition) is 3. The van der Waals surface area contributed by atoms with Crippen LogP contribution in [-0.2, 0) is 9.53 Å². The summed E-state index contributed by atoms with van der Waals surface area (Å²) < 4.78 is 4.94. The summed E-state index contributed by atoms with van der Waals surface area (Å²) >= 11 is 0. The van der Waals surface area contributed by atoms with E-state index in [-0.39, 0.29) is 0 Å². The highest BCUT2D eigenvalue weighted by Gasteiger charge is 2.24. The zero-order valence-electron chi connectivity index (χ0n) is 9.40. The molecule has 0 aromatic carbocycles. The van der Waals surface area contributed by atoms with Gasteiger partial charge in [0.1, 0.15) is 11.6 Å². The Bertz CT molecular complexity index is 247. The molecule has 0 bridgehead atoms. The Labute approximate surface area is 88.8 Å². The van der Waals surface area contributed by atoms with Crippen LogP contribution in [0.3, 0.4) is 0 Å². The number of rotatable bonds is 3. The number of alkyl carbamates (subject to hydrolysis) is 1. The first-order valence-corrected chi connectivity index (χ1v) is 4.61. The minimum absolute atomic E-state index is 0.614. The maximum Gasteiger partial charge on any atom is 0.407 e.